The first kappa shape index (κ1) is 22.6. The largest absolute Gasteiger partial charge is 0.457 e. The third-order valence-corrected chi connectivity index (χ3v) is 6.70. The number of amides is 2. The second kappa shape index (κ2) is 9.11. The fourth-order valence-corrected chi connectivity index (χ4v) is 4.83. The Morgan fingerprint density at radius 1 is 1.12 bits per heavy atom. The minimum atomic E-state index is -0.491. The van der Waals surface area contributed by atoms with Crippen LogP contribution in [0.2, 0.25) is 10.0 Å². The van der Waals surface area contributed by atoms with E-state index in [4.69, 9.17) is 27.6 Å². The van der Waals surface area contributed by atoms with Crippen LogP contribution >= 0.6 is 50.9 Å². The average molecular weight is 554 g/mol. The van der Waals surface area contributed by atoms with Crippen LogP contribution in [0.1, 0.15) is 11.3 Å². The number of nitrogens with zero attached hydrogens (tertiary/aromatic N) is 2. The zero-order valence-corrected chi connectivity index (χ0v) is 19.8. The van der Waals surface area contributed by atoms with Crippen LogP contribution < -0.4 is 0 Å². The predicted molar refractivity (Wildman–Crippen MR) is 126 cm³/mol. The van der Waals surface area contributed by atoms with Crippen LogP contribution in [0.4, 0.5) is 10.5 Å². The molecule has 1 fully saturated rings. The van der Waals surface area contributed by atoms with Crippen molar-refractivity contribution in [1.82, 2.24) is 4.90 Å². The Morgan fingerprint density at radius 3 is 2.59 bits per heavy atom. The van der Waals surface area contributed by atoms with Crippen molar-refractivity contribution in [3.63, 3.8) is 0 Å². The van der Waals surface area contributed by atoms with Crippen LogP contribution in [0.3, 0.4) is 0 Å². The molecule has 2 amide bonds. The van der Waals surface area contributed by atoms with E-state index in [1.54, 1.807) is 36.4 Å². The lowest BCUT2D eigenvalue weighted by Gasteiger charge is -2.13. The Bertz CT molecular complexity index is 1310. The monoisotopic (exact) mass is 552 g/mol. The van der Waals surface area contributed by atoms with Gasteiger partial charge in [-0.3, -0.25) is 24.6 Å². The fraction of sp³-hybridized carbons (Fsp3) is 0.0476. The van der Waals surface area contributed by atoms with Crippen LogP contribution in [0.5, 0.6) is 0 Å². The zero-order chi connectivity index (χ0) is 23.0. The van der Waals surface area contributed by atoms with Gasteiger partial charge in [-0.1, -0.05) is 29.3 Å². The molecule has 0 radical (unpaired) electrons. The van der Waals surface area contributed by atoms with Crippen LogP contribution in [0, 0.1) is 10.1 Å². The molecule has 0 bridgehead atoms. The van der Waals surface area contributed by atoms with Gasteiger partial charge in [-0.25, -0.2) is 0 Å². The van der Waals surface area contributed by atoms with Crippen molar-refractivity contribution in [2.45, 2.75) is 6.54 Å². The number of hydrogen-bond acceptors (Lipinski definition) is 6. The summed E-state index contributed by atoms with van der Waals surface area (Å²) < 4.78 is 6.27. The lowest BCUT2D eigenvalue weighted by atomic mass is 10.1. The lowest BCUT2D eigenvalue weighted by molar-refractivity contribution is -0.384. The van der Waals surface area contributed by atoms with E-state index >= 15 is 0 Å². The molecule has 0 spiro atoms. The summed E-state index contributed by atoms with van der Waals surface area (Å²) in [6.07, 6.45) is 1.48. The molecule has 11 heteroatoms. The summed E-state index contributed by atoms with van der Waals surface area (Å²) in [6, 6.07) is 12.5. The molecule has 1 aliphatic heterocycles. The van der Waals surface area contributed by atoms with E-state index in [-0.39, 0.29) is 17.1 Å². The number of halogens is 3. The number of rotatable bonds is 5. The molecule has 0 aliphatic carbocycles. The molecule has 1 aliphatic rings. The van der Waals surface area contributed by atoms with E-state index in [0.29, 0.717) is 37.2 Å². The highest BCUT2D eigenvalue weighted by Gasteiger charge is 2.35. The molecule has 1 saturated heterocycles. The number of carbonyl (C=O) groups excluding carboxylic acids is 2. The van der Waals surface area contributed by atoms with Gasteiger partial charge in [0.1, 0.15) is 11.5 Å². The van der Waals surface area contributed by atoms with Gasteiger partial charge in [-0.2, -0.15) is 0 Å². The zero-order valence-electron chi connectivity index (χ0n) is 15.9. The molecule has 4 rings (SSSR count). The fourth-order valence-electron chi connectivity index (χ4n) is 2.98. The smallest absolute Gasteiger partial charge is 0.293 e. The number of imide groups is 1. The Kier molecular flexibility index (Phi) is 6.43. The first-order valence-corrected chi connectivity index (χ1v) is 11.3. The Morgan fingerprint density at radius 2 is 1.91 bits per heavy atom. The van der Waals surface area contributed by atoms with Gasteiger partial charge in [-0.05, 0) is 63.6 Å². The van der Waals surface area contributed by atoms with E-state index in [9.17, 15) is 19.7 Å². The summed E-state index contributed by atoms with van der Waals surface area (Å²) in [5, 5.41) is 11.3. The van der Waals surface area contributed by atoms with Crippen LogP contribution in [0.25, 0.3) is 17.4 Å². The third kappa shape index (κ3) is 4.61. The normalized spacial score (nSPS) is 15.1. The van der Waals surface area contributed by atoms with Gasteiger partial charge in [0.25, 0.3) is 16.8 Å². The van der Waals surface area contributed by atoms with Crippen molar-refractivity contribution in [3.05, 3.63) is 89.4 Å². The average Bonchev–Trinajstić information content (AvgIpc) is 3.29. The molecule has 2 heterocycles. The van der Waals surface area contributed by atoms with Crippen LogP contribution in [0.15, 0.2) is 62.3 Å². The Balaban J connectivity index is 1.55. The molecule has 3 aromatic rings. The number of benzene rings is 2. The standard InChI is InChI=1S/C21H11BrCl2N2O5S/c22-16-8-13(26(29)30)3-5-15(16)18-6-4-14(31-18)9-19-20(27)25(21(28)32-19)10-11-1-2-12(23)7-17(11)24/h1-9H,10H2/b19-9+. The van der Waals surface area contributed by atoms with Gasteiger partial charge in [0.05, 0.1) is 16.4 Å². The second-order valence-corrected chi connectivity index (χ2v) is 9.32. The van der Waals surface area contributed by atoms with E-state index < -0.39 is 16.1 Å². The molecule has 1 aromatic heterocycles. The molecule has 0 atom stereocenters. The number of hydrogen-bond donors (Lipinski definition) is 0. The Hall–Kier alpha value is -2.59. The van der Waals surface area contributed by atoms with Gasteiger partial charge in [0.2, 0.25) is 0 Å². The molecule has 2 aromatic carbocycles. The summed E-state index contributed by atoms with van der Waals surface area (Å²) >= 11 is 16.2. The SMILES string of the molecule is O=C1S/C(=C/c2ccc(-c3ccc([N+](=O)[O-])cc3Br)o2)C(=O)N1Cc1ccc(Cl)cc1Cl. The number of nitro benzene ring substituents is 1. The summed E-state index contributed by atoms with van der Waals surface area (Å²) in [5.74, 6) is 0.353. The summed E-state index contributed by atoms with van der Waals surface area (Å²) in [4.78, 5) is 36.9. The summed E-state index contributed by atoms with van der Waals surface area (Å²) in [5.41, 5.74) is 1.16. The van der Waals surface area contributed by atoms with Gasteiger partial charge in [-0.15, -0.1) is 0 Å². The maximum Gasteiger partial charge on any atom is 0.293 e. The lowest BCUT2D eigenvalue weighted by Crippen LogP contribution is -2.27. The van der Waals surface area contributed by atoms with Crippen molar-refractivity contribution >= 4 is 73.8 Å². The highest BCUT2D eigenvalue weighted by atomic mass is 79.9. The number of thioether (sulfide) groups is 1. The summed E-state index contributed by atoms with van der Waals surface area (Å²) in [6.45, 7) is 0.0250. The quantitative estimate of drug-likeness (QED) is 0.189. The van der Waals surface area contributed by atoms with Crippen molar-refractivity contribution in [2.75, 3.05) is 0 Å². The molecule has 0 unspecified atom stereocenters. The van der Waals surface area contributed by atoms with Crippen molar-refractivity contribution in [3.8, 4) is 11.3 Å². The summed E-state index contributed by atoms with van der Waals surface area (Å²) in [7, 11) is 0. The molecule has 162 valence electrons. The second-order valence-electron chi connectivity index (χ2n) is 6.63. The van der Waals surface area contributed by atoms with Crippen molar-refractivity contribution in [1.29, 1.82) is 0 Å². The molecule has 7 nitrogen and oxygen atoms in total. The first-order chi connectivity index (χ1) is 15.2. The van der Waals surface area contributed by atoms with E-state index in [0.717, 1.165) is 16.7 Å². The molecular weight excluding hydrogens is 543 g/mol. The van der Waals surface area contributed by atoms with Crippen molar-refractivity contribution < 1.29 is 18.9 Å². The highest BCUT2D eigenvalue weighted by molar-refractivity contribution is 9.10. The first-order valence-electron chi connectivity index (χ1n) is 8.96. The van der Waals surface area contributed by atoms with E-state index in [1.165, 1.54) is 18.2 Å². The highest BCUT2D eigenvalue weighted by Crippen LogP contribution is 2.36. The molecular formula is C21H11BrCl2N2O5S. The predicted octanol–water partition coefficient (Wildman–Crippen LogP) is 7.16. The molecule has 0 N–H and O–H groups in total. The van der Waals surface area contributed by atoms with Crippen LogP contribution in [-0.4, -0.2) is 21.0 Å². The van der Waals surface area contributed by atoms with Gasteiger partial charge >= 0.3 is 0 Å². The van der Waals surface area contributed by atoms with Gasteiger partial charge in [0, 0.05) is 38.3 Å². The third-order valence-electron chi connectivity index (χ3n) is 4.55. The minimum absolute atomic E-state index is 0.0250. The maximum absolute atomic E-state index is 12.8. The maximum atomic E-state index is 12.8. The number of nitro groups is 1. The Labute approximate surface area is 204 Å². The van der Waals surface area contributed by atoms with E-state index in [1.807, 2.05) is 0 Å². The van der Waals surface area contributed by atoms with Gasteiger partial charge < -0.3 is 4.42 Å². The molecule has 0 saturated carbocycles. The van der Waals surface area contributed by atoms with Crippen molar-refractivity contribution in [2.24, 2.45) is 0 Å². The number of furan rings is 1. The minimum Gasteiger partial charge on any atom is -0.457 e. The van der Waals surface area contributed by atoms with Crippen LogP contribution in [-0.2, 0) is 11.3 Å². The topological polar surface area (TPSA) is 93.7 Å². The van der Waals surface area contributed by atoms with Gasteiger partial charge in [0.15, 0.2) is 0 Å². The number of non-ortho nitro benzene ring substituents is 1. The molecule has 32 heavy (non-hydrogen) atoms. The number of carbonyl (C=O) groups is 2. The van der Waals surface area contributed by atoms with E-state index in [2.05, 4.69) is 15.9 Å².